The molecule has 0 radical (unpaired) electrons. The van der Waals surface area contributed by atoms with Crippen LogP contribution in [0.3, 0.4) is 0 Å². The first-order valence-electron chi connectivity index (χ1n) is 26.2. The highest BCUT2D eigenvalue weighted by molar-refractivity contribution is 5.96. The molecule has 4 aliphatic rings. The van der Waals surface area contributed by atoms with Gasteiger partial charge in [-0.05, 0) is 149 Å². The van der Waals surface area contributed by atoms with E-state index in [1.807, 2.05) is 13.8 Å². The Kier molecular flexibility index (Phi) is 22.9. The van der Waals surface area contributed by atoms with Crippen LogP contribution in [-0.4, -0.2) is 60.7 Å². The molecule has 3 aromatic carbocycles. The van der Waals surface area contributed by atoms with Crippen molar-refractivity contribution in [2.45, 2.75) is 178 Å². The minimum absolute atomic E-state index is 0.101. The number of hydrogen-bond donors (Lipinski definition) is 1. The molecule has 0 amide bonds. The van der Waals surface area contributed by atoms with Crippen molar-refractivity contribution in [1.29, 1.82) is 0 Å². The fourth-order valence-corrected chi connectivity index (χ4v) is 11.5. The lowest BCUT2D eigenvalue weighted by molar-refractivity contribution is -0.154. The van der Waals surface area contributed by atoms with Crippen LogP contribution >= 0.6 is 0 Å². The summed E-state index contributed by atoms with van der Waals surface area (Å²) in [6, 6.07) is 12.8. The van der Waals surface area contributed by atoms with Crippen LogP contribution < -0.4 is 0 Å². The molecular formula is C60H82O11. The molecule has 11 heteroatoms. The Labute approximate surface area is 423 Å². The van der Waals surface area contributed by atoms with E-state index < -0.39 is 11.9 Å². The maximum atomic E-state index is 12.9. The van der Waals surface area contributed by atoms with Gasteiger partial charge in [-0.1, -0.05) is 112 Å². The zero-order chi connectivity index (χ0) is 52.5. The number of cyclic esters (lactones) is 2. The Hall–Kier alpha value is -5.45. The number of carbonyl (C=O) groups excluding carboxylic acids is 6. The summed E-state index contributed by atoms with van der Waals surface area (Å²) in [5.74, 6) is -2.92. The molecule has 0 aromatic heterocycles. The lowest BCUT2D eigenvalue weighted by Crippen LogP contribution is -2.34. The van der Waals surface area contributed by atoms with E-state index in [1.165, 1.54) is 58.7 Å². The number of fused-ring (bicyclic) bond motifs is 1. The van der Waals surface area contributed by atoms with Crippen molar-refractivity contribution < 1.29 is 52.9 Å². The van der Waals surface area contributed by atoms with Crippen LogP contribution in [-0.2, 0) is 86.3 Å². The Bertz CT molecular complexity index is 2350. The summed E-state index contributed by atoms with van der Waals surface area (Å²) in [7, 11) is 2.84. The predicted octanol–water partition coefficient (Wildman–Crippen LogP) is 11.3. The molecule has 0 bridgehead atoms. The van der Waals surface area contributed by atoms with Crippen LogP contribution in [0, 0.1) is 77.0 Å². The highest BCUT2D eigenvalue weighted by atomic mass is 16.6. The number of benzene rings is 3. The Morgan fingerprint density at radius 2 is 0.831 bits per heavy atom. The molecule has 7 rings (SSSR count). The summed E-state index contributed by atoms with van der Waals surface area (Å²) >= 11 is 0. The van der Waals surface area contributed by atoms with E-state index in [0.29, 0.717) is 25.7 Å². The van der Waals surface area contributed by atoms with Crippen molar-refractivity contribution in [2.24, 2.45) is 35.5 Å². The van der Waals surface area contributed by atoms with Crippen LogP contribution in [0.2, 0.25) is 0 Å². The standard InChI is InChI=1S/C20H28O3.C19H26O3.C13H18O2.C8H10O3/c1-5-15-11-13(2)10-14(3)18(15)12-19(21)16-8-6-7-9-17(16)20(22)23-4;1-4-14-10-12(2)9-13(3)17(14)11-18(20)15-7-5-6-8-16(15)19(21)22;1-5-11-7-9(2)6-10(3)12(11)8-13(14)15-4;9-7-5-3-1-2-4-6(5)8(10)11-7/h10-11,16-17H,5-9,12H2,1-4H3;9-10,15-16H,4-8,11H2,1-3H3,(H,21,22);6-7H,5,8H2,1-4H3;5-6H,1-4H2/t16-,17-;15-,16-;;/m00../s1. The van der Waals surface area contributed by atoms with Gasteiger partial charge in [-0.15, -0.1) is 0 Å². The average Bonchev–Trinajstić information content (AvgIpc) is 3.65. The number of methoxy groups -OCH3 is 2. The summed E-state index contributed by atoms with van der Waals surface area (Å²) in [4.78, 5) is 82.2. The quantitative estimate of drug-likeness (QED) is 0.0983. The second-order valence-electron chi connectivity index (χ2n) is 20.4. The lowest BCUT2D eigenvalue weighted by atomic mass is 9.75. The van der Waals surface area contributed by atoms with Crippen LogP contribution in [0.15, 0.2) is 36.4 Å². The Morgan fingerprint density at radius 3 is 1.18 bits per heavy atom. The minimum Gasteiger partial charge on any atom is -0.481 e. The van der Waals surface area contributed by atoms with Gasteiger partial charge in [0, 0.05) is 24.7 Å². The van der Waals surface area contributed by atoms with Gasteiger partial charge < -0.3 is 19.3 Å². The number of rotatable bonds is 13. The summed E-state index contributed by atoms with van der Waals surface area (Å²) in [6.45, 7) is 18.7. The number of hydrogen-bond acceptors (Lipinski definition) is 10. The van der Waals surface area contributed by atoms with Gasteiger partial charge in [-0.3, -0.25) is 33.6 Å². The zero-order valence-corrected chi connectivity index (χ0v) is 44.7. The molecule has 3 aromatic rings. The van der Waals surface area contributed by atoms with Crippen LogP contribution in [0.5, 0.6) is 0 Å². The second-order valence-corrected chi connectivity index (χ2v) is 20.4. The normalized spacial score (nSPS) is 21.3. The van der Waals surface area contributed by atoms with Crippen molar-refractivity contribution in [3.8, 4) is 0 Å². The molecule has 4 fully saturated rings. The zero-order valence-electron chi connectivity index (χ0n) is 44.7. The molecule has 2 unspecified atom stereocenters. The average molecular weight is 979 g/mol. The van der Waals surface area contributed by atoms with Crippen LogP contribution in [0.25, 0.3) is 0 Å². The number of carboxylic acids is 1. The third-order valence-electron chi connectivity index (χ3n) is 15.3. The van der Waals surface area contributed by atoms with Gasteiger partial charge >= 0.3 is 29.8 Å². The van der Waals surface area contributed by atoms with Crippen molar-refractivity contribution in [3.63, 3.8) is 0 Å². The minimum atomic E-state index is -0.811. The van der Waals surface area contributed by atoms with E-state index in [9.17, 15) is 38.7 Å². The molecule has 1 N–H and O–H groups in total. The van der Waals surface area contributed by atoms with Crippen molar-refractivity contribution >= 4 is 41.4 Å². The van der Waals surface area contributed by atoms with Gasteiger partial charge in [0.1, 0.15) is 11.6 Å². The summed E-state index contributed by atoms with van der Waals surface area (Å²) in [6.07, 6.45) is 14.6. The van der Waals surface area contributed by atoms with Gasteiger partial charge in [0.15, 0.2) is 0 Å². The molecule has 3 saturated carbocycles. The fraction of sp³-hybridized carbons (Fsp3) is 0.583. The maximum Gasteiger partial charge on any atom is 0.317 e. The van der Waals surface area contributed by atoms with Crippen molar-refractivity contribution in [1.82, 2.24) is 0 Å². The first-order valence-corrected chi connectivity index (χ1v) is 26.2. The molecule has 11 nitrogen and oxygen atoms in total. The summed E-state index contributed by atoms with van der Waals surface area (Å²) in [5.41, 5.74) is 14.3. The van der Waals surface area contributed by atoms with Crippen molar-refractivity contribution in [3.05, 3.63) is 103 Å². The largest absolute Gasteiger partial charge is 0.481 e. The topological polar surface area (TPSA) is 167 Å². The number of ether oxygens (including phenoxy) is 3. The summed E-state index contributed by atoms with van der Waals surface area (Å²) < 4.78 is 14.1. The molecule has 3 aliphatic carbocycles. The number of carboxylic acid groups (broad SMARTS) is 1. The smallest absolute Gasteiger partial charge is 0.317 e. The molecule has 1 aliphatic heterocycles. The van der Waals surface area contributed by atoms with E-state index in [0.717, 1.165) is 112 Å². The Balaban J connectivity index is 0.000000213. The third kappa shape index (κ3) is 16.0. The van der Waals surface area contributed by atoms with E-state index in [1.54, 1.807) is 0 Å². The lowest BCUT2D eigenvalue weighted by Gasteiger charge is -2.29. The predicted molar refractivity (Wildman–Crippen MR) is 276 cm³/mol. The van der Waals surface area contributed by atoms with Gasteiger partial charge in [0.25, 0.3) is 0 Å². The maximum absolute atomic E-state index is 12.9. The number of aliphatic carboxylic acids is 1. The van der Waals surface area contributed by atoms with Crippen molar-refractivity contribution in [2.75, 3.05) is 14.2 Å². The Morgan fingerprint density at radius 1 is 0.493 bits per heavy atom. The molecule has 388 valence electrons. The van der Waals surface area contributed by atoms with E-state index in [-0.39, 0.29) is 65.0 Å². The molecule has 0 spiro atoms. The summed E-state index contributed by atoms with van der Waals surface area (Å²) in [5, 5.41) is 9.36. The van der Waals surface area contributed by atoms with Gasteiger partial charge in [-0.25, -0.2) is 0 Å². The van der Waals surface area contributed by atoms with E-state index >= 15 is 0 Å². The highest BCUT2D eigenvalue weighted by Gasteiger charge is 2.45. The monoisotopic (exact) mass is 979 g/mol. The number of aryl methyl sites for hydroxylation is 9. The first-order chi connectivity index (χ1) is 33.8. The van der Waals surface area contributed by atoms with Gasteiger partial charge in [0.05, 0.1) is 44.3 Å². The third-order valence-corrected chi connectivity index (χ3v) is 15.3. The fourth-order valence-electron chi connectivity index (χ4n) is 11.5. The molecule has 6 atom stereocenters. The second kappa shape index (κ2) is 28.0. The molecule has 71 heavy (non-hydrogen) atoms. The number of ketones is 2. The first kappa shape index (κ1) is 58.1. The number of carbonyl (C=O) groups is 7. The van der Waals surface area contributed by atoms with Crippen LogP contribution in [0.4, 0.5) is 0 Å². The van der Waals surface area contributed by atoms with E-state index in [4.69, 9.17) is 9.47 Å². The molecule has 1 saturated heterocycles. The number of esters is 4. The van der Waals surface area contributed by atoms with E-state index in [2.05, 4.69) is 89.6 Å². The highest BCUT2D eigenvalue weighted by Crippen LogP contribution is 2.37. The molecular weight excluding hydrogens is 897 g/mol. The molecule has 1 heterocycles. The van der Waals surface area contributed by atoms with Crippen LogP contribution in [0.1, 0.15) is 165 Å². The van der Waals surface area contributed by atoms with Gasteiger partial charge in [0.2, 0.25) is 0 Å². The number of Topliss-reactive ketones (excluding diaryl/α,β-unsaturated/α-hetero) is 2. The van der Waals surface area contributed by atoms with Gasteiger partial charge in [-0.2, -0.15) is 0 Å². The SMILES string of the molecule is CCc1cc(C)cc(C)c1CC(=O)OC.CCc1cc(C)cc(C)c1CC(=O)[C@H]1CCCC[C@@H]1C(=O)O.CCc1cc(C)cc(C)c1CC(=O)[C@H]1CCCC[C@@H]1C(=O)OC.O=C1OC(=O)C2CCCCC12.